The molecule has 2 rings (SSSR count). The van der Waals surface area contributed by atoms with Gasteiger partial charge in [-0.3, -0.25) is 9.69 Å². The lowest BCUT2D eigenvalue weighted by atomic mass is 10.1. The number of halogens is 1. The summed E-state index contributed by atoms with van der Waals surface area (Å²) in [6.45, 7) is 7.34. The number of nitrogens with one attached hydrogen (secondary N) is 1. The van der Waals surface area contributed by atoms with Crippen molar-refractivity contribution in [1.29, 1.82) is 0 Å². The van der Waals surface area contributed by atoms with Crippen molar-refractivity contribution >= 4 is 5.91 Å². The summed E-state index contributed by atoms with van der Waals surface area (Å²) in [6, 6.07) is 6.02. The van der Waals surface area contributed by atoms with E-state index in [2.05, 4.69) is 24.1 Å². The van der Waals surface area contributed by atoms with Crippen molar-refractivity contribution in [3.05, 3.63) is 35.6 Å². The van der Waals surface area contributed by atoms with Crippen LogP contribution in [-0.4, -0.2) is 43.2 Å². The van der Waals surface area contributed by atoms with E-state index < -0.39 is 0 Å². The van der Waals surface area contributed by atoms with Crippen LogP contribution in [-0.2, 0) is 16.1 Å². The van der Waals surface area contributed by atoms with Gasteiger partial charge in [-0.25, -0.2) is 4.39 Å². The van der Waals surface area contributed by atoms with E-state index in [9.17, 15) is 9.18 Å². The van der Waals surface area contributed by atoms with E-state index in [1.807, 2.05) is 0 Å². The van der Waals surface area contributed by atoms with Gasteiger partial charge in [-0.05, 0) is 23.6 Å². The van der Waals surface area contributed by atoms with Crippen molar-refractivity contribution in [2.45, 2.75) is 26.4 Å². The number of ether oxygens (including phenoxy) is 1. The van der Waals surface area contributed by atoms with E-state index in [0.717, 1.165) is 18.7 Å². The molecule has 1 saturated heterocycles. The number of benzene rings is 1. The van der Waals surface area contributed by atoms with Gasteiger partial charge in [0.15, 0.2) is 0 Å². The first-order valence-corrected chi connectivity index (χ1v) is 7.40. The molecule has 1 aromatic rings. The van der Waals surface area contributed by atoms with Gasteiger partial charge >= 0.3 is 0 Å². The van der Waals surface area contributed by atoms with Gasteiger partial charge < -0.3 is 10.1 Å². The van der Waals surface area contributed by atoms with Crippen LogP contribution < -0.4 is 5.32 Å². The number of amides is 1. The van der Waals surface area contributed by atoms with Crippen LogP contribution in [0.4, 0.5) is 4.39 Å². The molecule has 0 unspecified atom stereocenters. The summed E-state index contributed by atoms with van der Waals surface area (Å²) >= 11 is 0. The predicted octanol–water partition coefficient (Wildman–Crippen LogP) is 1.80. The van der Waals surface area contributed by atoms with Crippen molar-refractivity contribution in [3.8, 4) is 0 Å². The Morgan fingerprint density at radius 2 is 2.33 bits per heavy atom. The molecule has 0 aliphatic carbocycles. The Balaban J connectivity index is 1.91. The fraction of sp³-hybridized carbons (Fsp3) is 0.562. The second-order valence-corrected chi connectivity index (χ2v) is 5.83. The van der Waals surface area contributed by atoms with Crippen molar-refractivity contribution in [2.75, 3.05) is 26.3 Å². The smallest absolute Gasteiger partial charge is 0.240 e. The van der Waals surface area contributed by atoms with E-state index in [4.69, 9.17) is 4.74 Å². The van der Waals surface area contributed by atoms with E-state index >= 15 is 0 Å². The highest BCUT2D eigenvalue weighted by Gasteiger charge is 2.29. The van der Waals surface area contributed by atoms with E-state index in [0.29, 0.717) is 25.7 Å². The van der Waals surface area contributed by atoms with E-state index in [1.54, 1.807) is 12.1 Å². The van der Waals surface area contributed by atoms with E-state index in [1.165, 1.54) is 12.1 Å². The second-order valence-electron chi connectivity index (χ2n) is 5.83. The van der Waals surface area contributed by atoms with Gasteiger partial charge in [0.05, 0.1) is 13.2 Å². The lowest BCUT2D eigenvalue weighted by molar-refractivity contribution is -0.133. The van der Waals surface area contributed by atoms with Crippen LogP contribution in [0.25, 0.3) is 0 Å². The summed E-state index contributed by atoms with van der Waals surface area (Å²) in [5.41, 5.74) is 0.760. The zero-order valence-corrected chi connectivity index (χ0v) is 12.6. The molecule has 5 heteroatoms. The number of carbonyl (C=O) groups excluding carboxylic acids is 1. The molecule has 0 aromatic heterocycles. The normalized spacial score (nSPS) is 19.7. The third-order valence-corrected chi connectivity index (χ3v) is 3.50. The number of nitrogens with zero attached hydrogens (tertiary/aromatic N) is 1. The fourth-order valence-corrected chi connectivity index (χ4v) is 2.52. The molecule has 1 fully saturated rings. The largest absolute Gasteiger partial charge is 0.378 e. The topological polar surface area (TPSA) is 41.6 Å². The van der Waals surface area contributed by atoms with Gasteiger partial charge in [0.2, 0.25) is 5.91 Å². The molecule has 0 saturated carbocycles. The molecule has 1 aromatic carbocycles. The molecule has 1 amide bonds. The minimum Gasteiger partial charge on any atom is -0.378 e. The highest BCUT2D eigenvalue weighted by Crippen LogP contribution is 2.11. The minimum absolute atomic E-state index is 0.0559. The minimum atomic E-state index is -0.288. The van der Waals surface area contributed by atoms with Gasteiger partial charge in [-0.1, -0.05) is 26.0 Å². The SMILES string of the molecule is CC(C)CN1CCOC[C@@H]1C(=O)NCc1cccc(F)c1. The quantitative estimate of drug-likeness (QED) is 0.900. The van der Waals surface area contributed by atoms with Gasteiger partial charge in [-0.2, -0.15) is 0 Å². The highest BCUT2D eigenvalue weighted by molar-refractivity contribution is 5.82. The maximum absolute atomic E-state index is 13.1. The molecule has 4 nitrogen and oxygen atoms in total. The number of carbonyl (C=O) groups is 1. The summed E-state index contributed by atoms with van der Waals surface area (Å²) in [7, 11) is 0. The molecule has 1 aliphatic rings. The average molecular weight is 294 g/mol. The molecular formula is C16H23FN2O2. The molecule has 116 valence electrons. The lowest BCUT2D eigenvalue weighted by Gasteiger charge is -2.35. The highest BCUT2D eigenvalue weighted by atomic mass is 19.1. The number of morpholine rings is 1. The van der Waals surface area contributed by atoms with Crippen LogP contribution in [0.3, 0.4) is 0 Å². The molecule has 21 heavy (non-hydrogen) atoms. The zero-order chi connectivity index (χ0) is 15.2. The van der Waals surface area contributed by atoms with Gasteiger partial charge in [0, 0.05) is 19.6 Å². The summed E-state index contributed by atoms with van der Waals surface area (Å²) in [4.78, 5) is 14.5. The molecule has 1 aliphatic heterocycles. The van der Waals surface area contributed by atoms with Crippen LogP contribution in [0.2, 0.25) is 0 Å². The number of rotatable bonds is 5. The summed E-state index contributed by atoms with van der Waals surface area (Å²) in [5, 5.41) is 2.87. The van der Waals surface area contributed by atoms with Crippen molar-refractivity contribution < 1.29 is 13.9 Å². The monoisotopic (exact) mass is 294 g/mol. The Morgan fingerprint density at radius 1 is 1.52 bits per heavy atom. The predicted molar refractivity (Wildman–Crippen MR) is 79.3 cm³/mol. The van der Waals surface area contributed by atoms with Crippen molar-refractivity contribution in [3.63, 3.8) is 0 Å². The maximum atomic E-state index is 13.1. The van der Waals surface area contributed by atoms with Crippen LogP contribution in [0, 0.1) is 11.7 Å². The Labute approximate surface area is 125 Å². The van der Waals surface area contributed by atoms with Crippen LogP contribution in [0.15, 0.2) is 24.3 Å². The summed E-state index contributed by atoms with van der Waals surface area (Å²) in [5.74, 6) is 0.158. The molecule has 1 N–H and O–H groups in total. The summed E-state index contributed by atoms with van der Waals surface area (Å²) < 4.78 is 18.5. The van der Waals surface area contributed by atoms with Crippen molar-refractivity contribution in [1.82, 2.24) is 10.2 Å². The first kappa shape index (κ1) is 15.9. The molecule has 0 bridgehead atoms. The van der Waals surface area contributed by atoms with Crippen LogP contribution >= 0.6 is 0 Å². The third kappa shape index (κ3) is 4.79. The fourth-order valence-electron chi connectivity index (χ4n) is 2.52. The number of hydrogen-bond acceptors (Lipinski definition) is 3. The average Bonchev–Trinajstić information content (AvgIpc) is 2.45. The molecular weight excluding hydrogens is 271 g/mol. The first-order valence-electron chi connectivity index (χ1n) is 7.40. The standard InChI is InChI=1S/C16H23FN2O2/c1-12(2)10-19-6-7-21-11-15(19)16(20)18-9-13-4-3-5-14(17)8-13/h3-5,8,12,15H,6-7,9-11H2,1-2H3,(H,18,20)/t15-/m1/s1. The zero-order valence-electron chi connectivity index (χ0n) is 12.6. The molecule has 1 atom stereocenters. The Bertz CT molecular complexity index is 479. The number of hydrogen-bond donors (Lipinski definition) is 1. The van der Waals surface area contributed by atoms with Gasteiger partial charge in [0.1, 0.15) is 11.9 Å². The Morgan fingerprint density at radius 3 is 3.05 bits per heavy atom. The second kappa shape index (κ2) is 7.52. The Kier molecular flexibility index (Phi) is 5.70. The third-order valence-electron chi connectivity index (χ3n) is 3.50. The van der Waals surface area contributed by atoms with E-state index in [-0.39, 0.29) is 17.8 Å². The van der Waals surface area contributed by atoms with Crippen molar-refractivity contribution in [2.24, 2.45) is 5.92 Å². The van der Waals surface area contributed by atoms with Crippen LogP contribution in [0.1, 0.15) is 19.4 Å². The molecule has 0 spiro atoms. The van der Waals surface area contributed by atoms with Gasteiger partial charge in [-0.15, -0.1) is 0 Å². The molecule has 0 radical (unpaired) electrons. The Hall–Kier alpha value is -1.46. The van der Waals surface area contributed by atoms with Gasteiger partial charge in [0.25, 0.3) is 0 Å². The van der Waals surface area contributed by atoms with Crippen LogP contribution in [0.5, 0.6) is 0 Å². The first-order chi connectivity index (χ1) is 10.1. The molecule has 1 heterocycles. The summed E-state index contributed by atoms with van der Waals surface area (Å²) in [6.07, 6.45) is 0. The maximum Gasteiger partial charge on any atom is 0.240 e. The lowest BCUT2D eigenvalue weighted by Crippen LogP contribution is -2.54.